The van der Waals surface area contributed by atoms with Crippen LogP contribution in [-0.2, 0) is 13.5 Å². The molecular formula is C18H16N2O3. The van der Waals surface area contributed by atoms with Gasteiger partial charge in [0.05, 0.1) is 5.39 Å². The molecule has 0 aliphatic carbocycles. The summed E-state index contributed by atoms with van der Waals surface area (Å²) < 4.78 is 6.54. The maximum atomic E-state index is 12.4. The molecular weight excluding hydrogens is 292 g/mol. The predicted octanol–water partition coefficient (Wildman–Crippen LogP) is 2.72. The first-order chi connectivity index (χ1) is 11.1. The lowest BCUT2D eigenvalue weighted by Gasteiger charge is -2.08. The molecule has 0 unspecified atom stereocenters. The van der Waals surface area contributed by atoms with Gasteiger partial charge < -0.3 is 4.74 Å². The molecule has 0 N–H and O–H groups in total. The van der Waals surface area contributed by atoms with Crippen LogP contribution in [0.4, 0.5) is 0 Å². The predicted molar refractivity (Wildman–Crippen MR) is 87.8 cm³/mol. The molecule has 1 heterocycles. The van der Waals surface area contributed by atoms with Gasteiger partial charge in [0.1, 0.15) is 5.75 Å². The highest BCUT2D eigenvalue weighted by molar-refractivity contribution is 6.02. The second kappa shape index (κ2) is 6.04. The van der Waals surface area contributed by atoms with Crippen LogP contribution >= 0.6 is 0 Å². The zero-order valence-corrected chi connectivity index (χ0v) is 12.9. The van der Waals surface area contributed by atoms with Crippen molar-refractivity contribution in [2.45, 2.75) is 13.3 Å². The SMILES string of the molecule is CCc1ccc(OC(=O)c2nn(C)c(=O)c3ccccc23)cc1. The van der Waals surface area contributed by atoms with Gasteiger partial charge in [-0.2, -0.15) is 5.10 Å². The number of rotatable bonds is 3. The van der Waals surface area contributed by atoms with E-state index >= 15 is 0 Å². The van der Waals surface area contributed by atoms with Crippen LogP contribution in [0, 0.1) is 0 Å². The standard InChI is InChI=1S/C18H16N2O3/c1-3-12-8-10-13(11-9-12)23-18(22)16-14-6-4-5-7-15(14)17(21)20(2)19-16/h4-11H,3H2,1-2H3. The van der Waals surface area contributed by atoms with Gasteiger partial charge in [0, 0.05) is 12.4 Å². The molecule has 5 nitrogen and oxygen atoms in total. The number of esters is 1. The maximum Gasteiger partial charge on any atom is 0.364 e. The lowest BCUT2D eigenvalue weighted by molar-refractivity contribution is 0.0728. The number of aryl methyl sites for hydroxylation is 2. The number of carbonyl (C=O) groups is 1. The highest BCUT2D eigenvalue weighted by atomic mass is 16.5. The number of ether oxygens (including phenoxy) is 1. The molecule has 0 bridgehead atoms. The van der Waals surface area contributed by atoms with Crippen molar-refractivity contribution in [1.82, 2.24) is 9.78 Å². The molecule has 0 aliphatic rings. The van der Waals surface area contributed by atoms with E-state index in [4.69, 9.17) is 4.74 Å². The molecule has 0 fully saturated rings. The minimum Gasteiger partial charge on any atom is -0.422 e. The first-order valence-corrected chi connectivity index (χ1v) is 7.37. The molecule has 3 aromatic rings. The second-order valence-electron chi connectivity index (χ2n) is 5.21. The van der Waals surface area contributed by atoms with E-state index in [-0.39, 0.29) is 11.3 Å². The summed E-state index contributed by atoms with van der Waals surface area (Å²) in [5.74, 6) is -0.131. The summed E-state index contributed by atoms with van der Waals surface area (Å²) in [6, 6.07) is 14.2. The molecule has 0 radical (unpaired) electrons. The zero-order chi connectivity index (χ0) is 16.4. The minimum absolute atomic E-state index is 0.127. The topological polar surface area (TPSA) is 61.2 Å². The van der Waals surface area contributed by atoms with Crippen LogP contribution in [0.15, 0.2) is 53.3 Å². The minimum atomic E-state index is -0.582. The van der Waals surface area contributed by atoms with Gasteiger partial charge in [-0.05, 0) is 30.2 Å². The van der Waals surface area contributed by atoms with Gasteiger partial charge in [-0.15, -0.1) is 0 Å². The number of nitrogens with zero attached hydrogens (tertiary/aromatic N) is 2. The van der Waals surface area contributed by atoms with Crippen LogP contribution in [0.25, 0.3) is 10.8 Å². The molecule has 0 spiro atoms. The summed E-state index contributed by atoms with van der Waals surface area (Å²) >= 11 is 0. The summed E-state index contributed by atoms with van der Waals surface area (Å²) in [5, 5.41) is 4.99. The maximum absolute atomic E-state index is 12.4. The molecule has 3 rings (SSSR count). The summed E-state index contributed by atoms with van der Waals surface area (Å²) in [6.07, 6.45) is 0.918. The fourth-order valence-electron chi connectivity index (χ4n) is 2.40. The molecule has 1 aromatic heterocycles. The smallest absolute Gasteiger partial charge is 0.364 e. The van der Waals surface area contributed by atoms with E-state index in [1.54, 1.807) is 36.4 Å². The van der Waals surface area contributed by atoms with Crippen LogP contribution in [0.5, 0.6) is 5.75 Å². The molecule has 116 valence electrons. The Morgan fingerprint density at radius 3 is 2.39 bits per heavy atom. The van der Waals surface area contributed by atoms with E-state index in [0.29, 0.717) is 16.5 Å². The van der Waals surface area contributed by atoms with Crippen LogP contribution in [0.3, 0.4) is 0 Å². The first kappa shape index (κ1) is 15.0. The fraction of sp³-hybridized carbons (Fsp3) is 0.167. The van der Waals surface area contributed by atoms with E-state index in [9.17, 15) is 9.59 Å². The molecule has 0 saturated carbocycles. The van der Waals surface area contributed by atoms with Crippen LogP contribution < -0.4 is 10.3 Å². The van der Waals surface area contributed by atoms with Crippen LogP contribution in [0.2, 0.25) is 0 Å². The molecule has 0 atom stereocenters. The summed E-state index contributed by atoms with van der Waals surface area (Å²) in [7, 11) is 1.52. The average molecular weight is 308 g/mol. The Kier molecular flexibility index (Phi) is 3.93. The Bertz CT molecular complexity index is 927. The van der Waals surface area contributed by atoms with Gasteiger partial charge in [0.25, 0.3) is 5.56 Å². The quantitative estimate of drug-likeness (QED) is 0.551. The Labute approximate surface area is 133 Å². The van der Waals surface area contributed by atoms with E-state index in [2.05, 4.69) is 12.0 Å². The number of hydrogen-bond donors (Lipinski definition) is 0. The van der Waals surface area contributed by atoms with E-state index in [1.807, 2.05) is 12.1 Å². The molecule has 5 heteroatoms. The van der Waals surface area contributed by atoms with Crippen molar-refractivity contribution in [3.8, 4) is 5.75 Å². The first-order valence-electron chi connectivity index (χ1n) is 7.37. The van der Waals surface area contributed by atoms with Crippen molar-refractivity contribution in [3.63, 3.8) is 0 Å². The second-order valence-corrected chi connectivity index (χ2v) is 5.21. The Morgan fingerprint density at radius 1 is 1.09 bits per heavy atom. The fourth-order valence-corrected chi connectivity index (χ4v) is 2.40. The number of hydrogen-bond acceptors (Lipinski definition) is 4. The number of benzene rings is 2. The number of aromatic nitrogens is 2. The van der Waals surface area contributed by atoms with Crippen molar-refractivity contribution in [2.75, 3.05) is 0 Å². The average Bonchev–Trinajstić information content (AvgIpc) is 2.58. The Morgan fingerprint density at radius 2 is 1.74 bits per heavy atom. The van der Waals surface area contributed by atoms with Crippen molar-refractivity contribution in [1.29, 1.82) is 0 Å². The third-order valence-corrected chi connectivity index (χ3v) is 3.69. The van der Waals surface area contributed by atoms with Gasteiger partial charge in [-0.1, -0.05) is 37.3 Å². The van der Waals surface area contributed by atoms with Gasteiger partial charge in [-0.3, -0.25) is 4.79 Å². The van der Waals surface area contributed by atoms with Crippen molar-refractivity contribution in [3.05, 3.63) is 70.1 Å². The van der Waals surface area contributed by atoms with Gasteiger partial charge in [0.2, 0.25) is 0 Å². The highest BCUT2D eigenvalue weighted by Gasteiger charge is 2.17. The summed E-state index contributed by atoms with van der Waals surface area (Å²) in [4.78, 5) is 24.5. The van der Waals surface area contributed by atoms with E-state index in [0.717, 1.165) is 16.7 Å². The van der Waals surface area contributed by atoms with Crippen LogP contribution in [0.1, 0.15) is 23.0 Å². The summed E-state index contributed by atoms with van der Waals surface area (Å²) in [5.41, 5.74) is 1.04. The largest absolute Gasteiger partial charge is 0.422 e. The van der Waals surface area contributed by atoms with Gasteiger partial charge in [-0.25, -0.2) is 9.48 Å². The van der Waals surface area contributed by atoms with Gasteiger partial charge >= 0.3 is 5.97 Å². The Hall–Kier alpha value is -2.95. The van der Waals surface area contributed by atoms with E-state index in [1.165, 1.54) is 7.05 Å². The van der Waals surface area contributed by atoms with Crippen molar-refractivity contribution in [2.24, 2.45) is 7.05 Å². The van der Waals surface area contributed by atoms with Crippen LogP contribution in [-0.4, -0.2) is 15.7 Å². The number of fused-ring (bicyclic) bond motifs is 1. The van der Waals surface area contributed by atoms with E-state index < -0.39 is 5.97 Å². The highest BCUT2D eigenvalue weighted by Crippen LogP contribution is 2.17. The monoisotopic (exact) mass is 308 g/mol. The molecule has 0 aliphatic heterocycles. The lowest BCUT2D eigenvalue weighted by atomic mass is 10.1. The zero-order valence-electron chi connectivity index (χ0n) is 12.9. The van der Waals surface area contributed by atoms with Gasteiger partial charge in [0.15, 0.2) is 5.69 Å². The Balaban J connectivity index is 2.00. The molecule has 0 amide bonds. The van der Waals surface area contributed by atoms with Crippen molar-refractivity contribution < 1.29 is 9.53 Å². The lowest BCUT2D eigenvalue weighted by Crippen LogP contribution is -2.24. The normalized spacial score (nSPS) is 10.7. The molecule has 23 heavy (non-hydrogen) atoms. The number of carbonyl (C=O) groups excluding carboxylic acids is 1. The third kappa shape index (κ3) is 2.85. The third-order valence-electron chi connectivity index (χ3n) is 3.69. The summed E-state index contributed by atoms with van der Waals surface area (Å²) in [6.45, 7) is 2.06. The van der Waals surface area contributed by atoms with Crippen molar-refractivity contribution >= 4 is 16.7 Å². The molecule has 0 saturated heterocycles. The molecule has 2 aromatic carbocycles.